The van der Waals surface area contributed by atoms with Crippen molar-refractivity contribution in [1.29, 1.82) is 0 Å². The minimum atomic E-state index is -3.69. The number of rotatable bonds is 2. The third-order valence-electron chi connectivity index (χ3n) is 2.93. The molecular weight excluding hydrogens is 268 g/mol. The molecule has 0 saturated carbocycles. The Labute approximate surface area is 112 Å². The van der Waals surface area contributed by atoms with E-state index in [9.17, 15) is 8.42 Å². The van der Waals surface area contributed by atoms with Crippen molar-refractivity contribution in [2.45, 2.75) is 18.7 Å². The van der Waals surface area contributed by atoms with Crippen LogP contribution < -0.4 is 0 Å². The Morgan fingerprint density at radius 2 is 1.50 bits per heavy atom. The van der Waals surface area contributed by atoms with E-state index in [1.54, 1.807) is 12.1 Å². The van der Waals surface area contributed by atoms with Crippen LogP contribution in [-0.4, -0.2) is 8.42 Å². The highest BCUT2D eigenvalue weighted by molar-refractivity contribution is 8.13. The smallest absolute Gasteiger partial charge is 0.207 e. The average Bonchev–Trinajstić information content (AvgIpc) is 2.29. The van der Waals surface area contributed by atoms with Crippen molar-refractivity contribution in [3.8, 4) is 11.1 Å². The third-order valence-corrected chi connectivity index (χ3v) is 4.28. The molecule has 0 fully saturated rings. The molecule has 2 nitrogen and oxygen atoms in total. The van der Waals surface area contributed by atoms with Gasteiger partial charge in [0.25, 0.3) is 9.05 Å². The van der Waals surface area contributed by atoms with Gasteiger partial charge in [0.05, 0.1) is 4.90 Å². The predicted molar refractivity (Wildman–Crippen MR) is 74.4 cm³/mol. The molecule has 0 N–H and O–H groups in total. The zero-order chi connectivity index (χ0) is 13.3. The first-order valence-corrected chi connectivity index (χ1v) is 7.82. The summed E-state index contributed by atoms with van der Waals surface area (Å²) in [6.45, 7) is 3.95. The molecule has 0 bridgehead atoms. The van der Waals surface area contributed by atoms with E-state index in [2.05, 4.69) is 0 Å². The molecule has 4 heteroatoms. The van der Waals surface area contributed by atoms with Crippen molar-refractivity contribution in [2.24, 2.45) is 0 Å². The van der Waals surface area contributed by atoms with Crippen LogP contribution in [0.2, 0.25) is 0 Å². The van der Waals surface area contributed by atoms with Crippen LogP contribution in [0.4, 0.5) is 0 Å². The first-order valence-electron chi connectivity index (χ1n) is 5.51. The highest BCUT2D eigenvalue weighted by atomic mass is 35.7. The molecule has 0 aliphatic rings. The highest BCUT2D eigenvalue weighted by Gasteiger charge is 2.13. The summed E-state index contributed by atoms with van der Waals surface area (Å²) in [5, 5.41) is 0. The van der Waals surface area contributed by atoms with Gasteiger partial charge in [-0.25, -0.2) is 8.42 Å². The van der Waals surface area contributed by atoms with Gasteiger partial charge in [-0.2, -0.15) is 0 Å². The van der Waals surface area contributed by atoms with Crippen LogP contribution in [0.15, 0.2) is 47.4 Å². The van der Waals surface area contributed by atoms with Gasteiger partial charge >= 0.3 is 0 Å². The maximum absolute atomic E-state index is 11.4. The SMILES string of the molecule is Cc1ccccc1-c1cc(S(=O)(=O)Cl)ccc1C. The molecule has 0 unspecified atom stereocenters. The molecule has 0 amide bonds. The van der Waals surface area contributed by atoms with Crippen LogP contribution >= 0.6 is 10.7 Å². The average molecular weight is 281 g/mol. The second-order valence-electron chi connectivity index (χ2n) is 4.23. The summed E-state index contributed by atoms with van der Waals surface area (Å²) < 4.78 is 22.8. The Hall–Kier alpha value is -1.32. The van der Waals surface area contributed by atoms with Crippen molar-refractivity contribution in [3.63, 3.8) is 0 Å². The minimum absolute atomic E-state index is 0.132. The minimum Gasteiger partial charge on any atom is -0.207 e. The van der Waals surface area contributed by atoms with E-state index < -0.39 is 9.05 Å². The number of benzene rings is 2. The topological polar surface area (TPSA) is 34.1 Å². The molecule has 0 aliphatic carbocycles. The first kappa shape index (κ1) is 13.1. The molecule has 94 valence electrons. The van der Waals surface area contributed by atoms with Gasteiger partial charge in [-0.15, -0.1) is 0 Å². The second-order valence-corrected chi connectivity index (χ2v) is 6.80. The second kappa shape index (κ2) is 4.75. The molecule has 0 radical (unpaired) electrons. The Morgan fingerprint density at radius 3 is 2.11 bits per heavy atom. The number of aryl methyl sites for hydroxylation is 2. The Balaban J connectivity index is 2.69. The Morgan fingerprint density at radius 1 is 0.889 bits per heavy atom. The molecule has 0 atom stereocenters. The third kappa shape index (κ3) is 2.57. The van der Waals surface area contributed by atoms with Crippen LogP contribution in [0.1, 0.15) is 11.1 Å². The lowest BCUT2D eigenvalue weighted by molar-refractivity contribution is 0.609. The van der Waals surface area contributed by atoms with E-state index in [0.717, 1.165) is 22.3 Å². The number of halogens is 1. The van der Waals surface area contributed by atoms with E-state index in [-0.39, 0.29) is 4.90 Å². The van der Waals surface area contributed by atoms with Crippen LogP contribution in [0, 0.1) is 13.8 Å². The Bertz CT molecular complexity index is 691. The lowest BCUT2D eigenvalue weighted by Gasteiger charge is -2.10. The van der Waals surface area contributed by atoms with Crippen LogP contribution in [0.3, 0.4) is 0 Å². The van der Waals surface area contributed by atoms with Crippen molar-refractivity contribution in [2.75, 3.05) is 0 Å². The molecule has 0 aromatic heterocycles. The molecule has 2 aromatic carbocycles. The van der Waals surface area contributed by atoms with Gasteiger partial charge in [0.2, 0.25) is 0 Å². The molecular formula is C14H13ClO2S. The summed E-state index contributed by atoms with van der Waals surface area (Å²) in [5.74, 6) is 0. The van der Waals surface area contributed by atoms with E-state index >= 15 is 0 Å². The quantitative estimate of drug-likeness (QED) is 0.782. The molecule has 0 aliphatic heterocycles. The highest BCUT2D eigenvalue weighted by Crippen LogP contribution is 2.29. The molecule has 18 heavy (non-hydrogen) atoms. The van der Waals surface area contributed by atoms with Crippen molar-refractivity contribution in [1.82, 2.24) is 0 Å². The molecule has 0 heterocycles. The summed E-state index contributed by atoms with van der Waals surface area (Å²) in [6.07, 6.45) is 0. The fraction of sp³-hybridized carbons (Fsp3) is 0.143. The fourth-order valence-electron chi connectivity index (χ4n) is 1.92. The lowest BCUT2D eigenvalue weighted by Crippen LogP contribution is -1.94. The van der Waals surface area contributed by atoms with Gasteiger partial charge in [0.15, 0.2) is 0 Å². The van der Waals surface area contributed by atoms with Crippen molar-refractivity contribution >= 4 is 19.7 Å². The van der Waals surface area contributed by atoms with E-state index in [1.165, 1.54) is 6.07 Å². The largest absolute Gasteiger partial charge is 0.261 e. The van der Waals surface area contributed by atoms with Crippen LogP contribution in [0.5, 0.6) is 0 Å². The van der Waals surface area contributed by atoms with Gasteiger partial charge in [0.1, 0.15) is 0 Å². The standard InChI is InChI=1S/C14H13ClO2S/c1-10-5-3-4-6-13(10)14-9-12(18(15,16)17)8-7-11(14)2/h3-9H,1-2H3. The molecule has 2 aromatic rings. The van der Waals surface area contributed by atoms with E-state index in [0.29, 0.717) is 0 Å². The summed E-state index contributed by atoms with van der Waals surface area (Å²) in [5.41, 5.74) is 4.05. The maximum Gasteiger partial charge on any atom is 0.261 e. The van der Waals surface area contributed by atoms with E-state index in [4.69, 9.17) is 10.7 Å². The zero-order valence-electron chi connectivity index (χ0n) is 10.1. The summed E-state index contributed by atoms with van der Waals surface area (Å²) in [6, 6.07) is 12.8. The number of hydrogen-bond acceptors (Lipinski definition) is 2. The lowest BCUT2D eigenvalue weighted by atomic mass is 9.97. The molecule has 0 saturated heterocycles. The normalized spacial score (nSPS) is 11.5. The van der Waals surface area contributed by atoms with Crippen LogP contribution in [0.25, 0.3) is 11.1 Å². The summed E-state index contributed by atoms with van der Waals surface area (Å²) in [4.78, 5) is 0.132. The zero-order valence-corrected chi connectivity index (χ0v) is 11.7. The fourth-order valence-corrected chi connectivity index (χ4v) is 2.70. The van der Waals surface area contributed by atoms with Crippen LogP contribution in [-0.2, 0) is 9.05 Å². The van der Waals surface area contributed by atoms with Gasteiger partial charge in [-0.05, 0) is 48.2 Å². The Kier molecular flexibility index (Phi) is 3.46. The van der Waals surface area contributed by atoms with Gasteiger partial charge < -0.3 is 0 Å². The van der Waals surface area contributed by atoms with Gasteiger partial charge in [0, 0.05) is 10.7 Å². The summed E-state index contributed by atoms with van der Waals surface area (Å²) in [7, 11) is 1.69. The first-order chi connectivity index (χ1) is 8.39. The van der Waals surface area contributed by atoms with Gasteiger partial charge in [-0.1, -0.05) is 30.3 Å². The van der Waals surface area contributed by atoms with Crippen molar-refractivity contribution in [3.05, 3.63) is 53.6 Å². The molecule has 0 spiro atoms. The maximum atomic E-state index is 11.4. The predicted octanol–water partition coefficient (Wildman–Crippen LogP) is 3.90. The van der Waals surface area contributed by atoms with Crippen molar-refractivity contribution < 1.29 is 8.42 Å². The molecule has 2 rings (SSSR count). The number of hydrogen-bond donors (Lipinski definition) is 0. The van der Waals surface area contributed by atoms with Gasteiger partial charge in [-0.3, -0.25) is 0 Å². The monoisotopic (exact) mass is 280 g/mol. The summed E-state index contributed by atoms with van der Waals surface area (Å²) >= 11 is 0. The van der Waals surface area contributed by atoms with E-state index in [1.807, 2.05) is 38.1 Å².